The highest BCUT2D eigenvalue weighted by atomic mass is 19.4. The van der Waals surface area contributed by atoms with Gasteiger partial charge in [0.25, 0.3) is 11.4 Å². The molecule has 2 aromatic carbocycles. The molecule has 1 fully saturated rings. The first-order chi connectivity index (χ1) is 22.8. The second kappa shape index (κ2) is 12.1. The summed E-state index contributed by atoms with van der Waals surface area (Å²) in [6.07, 6.45) is 0.842. The van der Waals surface area contributed by atoms with Crippen LogP contribution in [0.3, 0.4) is 0 Å². The van der Waals surface area contributed by atoms with Crippen LogP contribution in [0.15, 0.2) is 78.0 Å². The molecule has 0 amide bonds. The van der Waals surface area contributed by atoms with Gasteiger partial charge in [-0.15, -0.1) is 5.10 Å². The van der Waals surface area contributed by atoms with Crippen LogP contribution in [0.5, 0.6) is 11.6 Å². The predicted molar refractivity (Wildman–Crippen MR) is 171 cm³/mol. The van der Waals surface area contributed by atoms with Gasteiger partial charge >= 0.3 is 6.18 Å². The van der Waals surface area contributed by atoms with E-state index in [-0.39, 0.29) is 22.5 Å². The molecule has 0 atom stereocenters. The number of piperazine rings is 1. The van der Waals surface area contributed by atoms with Gasteiger partial charge in [-0.25, -0.2) is 9.67 Å². The molecule has 6 aromatic rings. The van der Waals surface area contributed by atoms with Crippen molar-refractivity contribution in [3.63, 3.8) is 0 Å². The maximum Gasteiger partial charge on any atom is 0.418 e. The predicted octanol–water partition coefficient (Wildman–Crippen LogP) is 4.74. The first kappa shape index (κ1) is 30.3. The monoisotopic (exact) mass is 644 g/mol. The van der Waals surface area contributed by atoms with Crippen molar-refractivity contribution < 1.29 is 22.6 Å². The Morgan fingerprint density at radius 3 is 2.45 bits per heavy atom. The van der Waals surface area contributed by atoms with Crippen LogP contribution in [0.25, 0.3) is 38.8 Å². The summed E-state index contributed by atoms with van der Waals surface area (Å²) in [7, 11) is 3.02. The lowest BCUT2D eigenvalue weighted by Gasteiger charge is -2.31. The Morgan fingerprint density at radius 1 is 0.936 bits per heavy atom. The van der Waals surface area contributed by atoms with E-state index >= 15 is 0 Å². The maximum absolute atomic E-state index is 14.5. The van der Waals surface area contributed by atoms with E-state index in [4.69, 9.17) is 9.47 Å². The SMILES string of the molecule is COc1cc(-c2ccc3c(c2)c2c(nnn2-c2ccc(N4CCNCC4)c(C(F)(F)F)c2)c(=O)n3CCn2cccc2)cnc1OC. The number of fused-ring (bicyclic) bond motifs is 3. The van der Waals surface area contributed by atoms with Gasteiger partial charge in [-0.1, -0.05) is 11.3 Å². The third-order valence-electron chi connectivity index (χ3n) is 8.46. The second-order valence-electron chi connectivity index (χ2n) is 11.2. The van der Waals surface area contributed by atoms with Crippen molar-refractivity contribution in [2.75, 3.05) is 45.3 Å². The van der Waals surface area contributed by atoms with Gasteiger partial charge in [0, 0.05) is 74.5 Å². The van der Waals surface area contributed by atoms with Gasteiger partial charge in [-0.3, -0.25) is 4.79 Å². The molecule has 5 heterocycles. The van der Waals surface area contributed by atoms with Crippen LogP contribution in [0.2, 0.25) is 0 Å². The molecule has 0 saturated carbocycles. The molecule has 242 valence electrons. The Balaban J connectivity index is 1.44. The normalized spacial score (nSPS) is 13.9. The zero-order valence-electron chi connectivity index (χ0n) is 25.7. The van der Waals surface area contributed by atoms with E-state index in [2.05, 4.69) is 20.6 Å². The molecule has 0 aliphatic carbocycles. The van der Waals surface area contributed by atoms with E-state index in [1.165, 1.54) is 25.0 Å². The van der Waals surface area contributed by atoms with Crippen molar-refractivity contribution in [1.29, 1.82) is 0 Å². The van der Waals surface area contributed by atoms with Gasteiger partial charge in [-0.05, 0) is 54.1 Å². The molecule has 0 unspecified atom stereocenters. The summed E-state index contributed by atoms with van der Waals surface area (Å²) in [5, 5.41) is 12.2. The summed E-state index contributed by atoms with van der Waals surface area (Å²) in [6, 6.07) is 15.3. The summed E-state index contributed by atoms with van der Waals surface area (Å²) in [6.45, 7) is 2.94. The molecule has 7 rings (SSSR count). The van der Waals surface area contributed by atoms with Gasteiger partial charge in [0.2, 0.25) is 0 Å². The standard InChI is InChI=1S/C33H31F3N8O3/c1-46-28-18-22(20-38-31(28)47-2)21-5-7-26-24(17-21)30-29(32(45)43(26)16-15-41-11-3-4-12-41)39-40-44(30)23-6-8-27(25(19-23)33(34,35)36)42-13-9-37-10-14-42/h3-8,11-12,17-20,37H,9-10,13-16H2,1-2H3. The minimum absolute atomic E-state index is 0.0485. The number of pyridine rings is 2. The third kappa shape index (κ3) is 5.54. The van der Waals surface area contributed by atoms with E-state index in [9.17, 15) is 18.0 Å². The number of aryl methyl sites for hydroxylation is 2. The molecule has 1 saturated heterocycles. The highest BCUT2D eigenvalue weighted by Crippen LogP contribution is 2.39. The summed E-state index contributed by atoms with van der Waals surface area (Å²) in [5.41, 5.74) is 1.47. The number of nitrogens with one attached hydrogen (secondary N) is 1. The van der Waals surface area contributed by atoms with Crippen LogP contribution in [0.1, 0.15) is 5.56 Å². The van der Waals surface area contributed by atoms with Crippen molar-refractivity contribution >= 4 is 27.6 Å². The Labute approximate surface area is 266 Å². The molecule has 47 heavy (non-hydrogen) atoms. The zero-order chi connectivity index (χ0) is 32.7. The topological polar surface area (TPSA) is 104 Å². The number of alkyl halides is 3. The molecule has 4 aromatic heterocycles. The third-order valence-corrected chi connectivity index (χ3v) is 8.46. The van der Waals surface area contributed by atoms with E-state index < -0.39 is 11.7 Å². The number of hydrogen-bond acceptors (Lipinski definition) is 8. The van der Waals surface area contributed by atoms with Gasteiger partial charge in [0.1, 0.15) is 5.52 Å². The lowest BCUT2D eigenvalue weighted by Crippen LogP contribution is -2.44. The van der Waals surface area contributed by atoms with Crippen molar-refractivity contribution in [2.45, 2.75) is 19.3 Å². The second-order valence-corrected chi connectivity index (χ2v) is 11.2. The number of rotatable bonds is 8. The van der Waals surface area contributed by atoms with Gasteiger partial charge < -0.3 is 28.8 Å². The smallest absolute Gasteiger partial charge is 0.418 e. The van der Waals surface area contributed by atoms with Crippen LogP contribution in [0.4, 0.5) is 18.9 Å². The summed E-state index contributed by atoms with van der Waals surface area (Å²) >= 11 is 0. The van der Waals surface area contributed by atoms with Crippen LogP contribution in [-0.4, -0.2) is 69.5 Å². The fourth-order valence-corrected chi connectivity index (χ4v) is 6.14. The molecule has 1 N–H and O–H groups in total. The number of nitrogens with zero attached hydrogens (tertiary/aromatic N) is 7. The highest BCUT2D eigenvalue weighted by molar-refractivity contribution is 6.04. The first-order valence-corrected chi connectivity index (χ1v) is 15.0. The molecule has 0 bridgehead atoms. The number of methoxy groups -OCH3 is 2. The van der Waals surface area contributed by atoms with Gasteiger partial charge in [0.05, 0.1) is 31.0 Å². The van der Waals surface area contributed by atoms with E-state index in [0.29, 0.717) is 72.9 Å². The average molecular weight is 645 g/mol. The van der Waals surface area contributed by atoms with E-state index in [0.717, 1.165) is 11.6 Å². The average Bonchev–Trinajstić information content (AvgIpc) is 3.79. The highest BCUT2D eigenvalue weighted by Gasteiger charge is 2.36. The number of aromatic nitrogens is 6. The number of halogens is 3. The lowest BCUT2D eigenvalue weighted by atomic mass is 10.0. The minimum Gasteiger partial charge on any atom is -0.491 e. The fourth-order valence-electron chi connectivity index (χ4n) is 6.14. The lowest BCUT2D eigenvalue weighted by molar-refractivity contribution is -0.137. The Morgan fingerprint density at radius 2 is 1.72 bits per heavy atom. The van der Waals surface area contributed by atoms with Gasteiger partial charge in [-0.2, -0.15) is 13.2 Å². The Bertz CT molecular complexity index is 2130. The molecular formula is C33H31F3N8O3. The molecule has 0 radical (unpaired) electrons. The Hall–Kier alpha value is -5.37. The molecule has 11 nitrogen and oxygen atoms in total. The molecule has 0 spiro atoms. The maximum atomic E-state index is 14.5. The van der Waals surface area contributed by atoms with E-state index in [1.54, 1.807) is 27.8 Å². The van der Waals surface area contributed by atoms with Crippen molar-refractivity contribution in [3.8, 4) is 28.4 Å². The number of benzene rings is 2. The van der Waals surface area contributed by atoms with Crippen LogP contribution >= 0.6 is 0 Å². The summed E-state index contributed by atoms with van der Waals surface area (Å²) in [4.78, 5) is 20.0. The van der Waals surface area contributed by atoms with Crippen LogP contribution < -0.4 is 25.2 Å². The van der Waals surface area contributed by atoms with Crippen molar-refractivity contribution in [2.24, 2.45) is 0 Å². The molecule has 1 aliphatic rings. The zero-order valence-corrected chi connectivity index (χ0v) is 25.7. The van der Waals surface area contributed by atoms with Crippen LogP contribution in [-0.2, 0) is 19.3 Å². The summed E-state index contributed by atoms with van der Waals surface area (Å²) in [5.74, 6) is 0.758. The number of hydrogen-bond donors (Lipinski definition) is 1. The quantitative estimate of drug-likeness (QED) is 0.254. The molecular weight excluding hydrogens is 613 g/mol. The number of ether oxygens (including phenoxy) is 2. The largest absolute Gasteiger partial charge is 0.491 e. The Kier molecular flexibility index (Phi) is 7.80. The van der Waals surface area contributed by atoms with Gasteiger partial charge in [0.15, 0.2) is 11.3 Å². The molecule has 1 aliphatic heterocycles. The van der Waals surface area contributed by atoms with Crippen LogP contribution in [0, 0.1) is 0 Å². The van der Waals surface area contributed by atoms with E-state index in [1.807, 2.05) is 47.3 Å². The fraction of sp³-hybridized carbons (Fsp3) is 0.273. The van der Waals surface area contributed by atoms with Crippen molar-refractivity contribution in [3.05, 3.63) is 89.1 Å². The van der Waals surface area contributed by atoms with Crippen molar-refractivity contribution in [1.82, 2.24) is 34.4 Å². The number of anilines is 1. The first-order valence-electron chi connectivity index (χ1n) is 15.0. The minimum atomic E-state index is -4.62. The summed E-state index contributed by atoms with van der Waals surface area (Å²) < 4.78 is 59.2. The molecule has 14 heteroatoms.